The van der Waals surface area contributed by atoms with Gasteiger partial charge >= 0.3 is 0 Å². The van der Waals surface area contributed by atoms with Crippen LogP contribution in [0.3, 0.4) is 0 Å². The van der Waals surface area contributed by atoms with Crippen molar-refractivity contribution >= 4 is 32.2 Å². The lowest BCUT2D eigenvalue weighted by atomic mass is 10.2. The zero-order valence-corrected chi connectivity index (χ0v) is 18.3. The maximum absolute atomic E-state index is 12.6. The second-order valence-corrected chi connectivity index (χ2v) is 9.96. The monoisotopic (exact) mass is 444 g/mol. The molecule has 6 nitrogen and oxygen atoms in total. The molecule has 0 radical (unpaired) electrons. The number of hydrogen-bond donors (Lipinski definition) is 3. The Balaban J connectivity index is 1.82. The van der Waals surface area contributed by atoms with E-state index in [1.54, 1.807) is 54.6 Å². The second kappa shape index (κ2) is 9.88. The van der Waals surface area contributed by atoms with Gasteiger partial charge in [0, 0.05) is 12.2 Å². The van der Waals surface area contributed by atoms with Crippen LogP contribution in [0.25, 0.3) is 0 Å². The summed E-state index contributed by atoms with van der Waals surface area (Å²) in [5.41, 5.74) is 8.05. The van der Waals surface area contributed by atoms with Gasteiger partial charge in [0.2, 0.25) is 0 Å². The molecule has 0 amide bonds. The Morgan fingerprint density at radius 3 is 2.43 bits per heavy atom. The molecule has 158 valence electrons. The fourth-order valence-electron chi connectivity index (χ4n) is 2.88. The van der Waals surface area contributed by atoms with Crippen molar-refractivity contribution in [3.63, 3.8) is 0 Å². The number of anilines is 2. The summed E-state index contributed by atoms with van der Waals surface area (Å²) in [5, 5.41) is 3.31. The molecule has 0 spiro atoms. The third-order valence-electron chi connectivity index (χ3n) is 4.44. The number of hydrogen-bond acceptors (Lipinski definition) is 4. The predicted molar refractivity (Wildman–Crippen MR) is 122 cm³/mol. The average Bonchev–Trinajstić information content (AvgIpc) is 2.75. The standard InChI is InChI=1S/C22H25N3O3S2/c1-2-13-24-16-17-14-20(11-12-22(17)23)29(26)19-8-6-7-18(15-19)25-30(27,28)21-9-4-3-5-10-21/h3-12,14-15,24-25H,2,13,16,23H2,1H3/p+1. The number of nitrogens with two attached hydrogens (primary N) is 1. The van der Waals surface area contributed by atoms with Crippen molar-refractivity contribution in [1.82, 2.24) is 5.32 Å². The van der Waals surface area contributed by atoms with Gasteiger partial charge in [0.1, 0.15) is 0 Å². The highest BCUT2D eigenvalue weighted by Gasteiger charge is 2.18. The molecule has 0 aromatic heterocycles. The van der Waals surface area contributed by atoms with Crippen LogP contribution >= 0.6 is 0 Å². The Labute approximate surface area is 180 Å². The summed E-state index contributed by atoms with van der Waals surface area (Å²) in [6.45, 7) is 3.61. The molecule has 0 saturated carbocycles. The SMILES string of the molecule is CCCNCc1cc(S(=[OH+])c2cccc(NS(=O)(=O)c3ccccc3)c2)ccc1N. The number of nitrogen functional groups attached to an aromatic ring is 1. The van der Waals surface area contributed by atoms with Crippen LogP contribution in [0.5, 0.6) is 0 Å². The van der Waals surface area contributed by atoms with Crippen molar-refractivity contribution in [2.45, 2.75) is 34.6 Å². The molecule has 3 aromatic rings. The van der Waals surface area contributed by atoms with Crippen molar-refractivity contribution in [3.8, 4) is 0 Å². The topological polar surface area (TPSA) is 106 Å². The molecule has 1 atom stereocenters. The number of rotatable bonds is 9. The highest BCUT2D eigenvalue weighted by Crippen LogP contribution is 2.24. The lowest BCUT2D eigenvalue weighted by molar-refractivity contribution is 0.601. The van der Waals surface area contributed by atoms with Gasteiger partial charge in [-0.05, 0) is 67.1 Å². The van der Waals surface area contributed by atoms with Crippen molar-refractivity contribution in [3.05, 3.63) is 78.4 Å². The lowest BCUT2D eigenvalue weighted by Gasteiger charge is -2.10. The van der Waals surface area contributed by atoms with Crippen molar-refractivity contribution in [1.29, 1.82) is 0 Å². The Bertz CT molecular complexity index is 1130. The smallest absolute Gasteiger partial charge is 0.261 e. The molecular weight excluding hydrogens is 418 g/mol. The fraction of sp³-hybridized carbons (Fsp3) is 0.182. The maximum atomic E-state index is 12.6. The summed E-state index contributed by atoms with van der Waals surface area (Å²) < 4.78 is 38.6. The summed E-state index contributed by atoms with van der Waals surface area (Å²) in [6, 6.07) is 20.4. The van der Waals surface area contributed by atoms with Crippen LogP contribution in [0.15, 0.2) is 87.5 Å². The lowest BCUT2D eigenvalue weighted by Crippen LogP contribution is -2.15. The molecule has 0 aliphatic heterocycles. The maximum Gasteiger partial charge on any atom is 0.261 e. The van der Waals surface area contributed by atoms with E-state index in [-0.39, 0.29) is 4.90 Å². The number of sulfonamides is 1. The van der Waals surface area contributed by atoms with Gasteiger partial charge in [-0.3, -0.25) is 4.72 Å². The zero-order chi connectivity index (χ0) is 21.6. The minimum atomic E-state index is -3.70. The van der Waals surface area contributed by atoms with Gasteiger partial charge < -0.3 is 11.1 Å². The van der Waals surface area contributed by atoms with Gasteiger partial charge in [-0.25, -0.2) is 12.6 Å². The van der Waals surface area contributed by atoms with E-state index in [2.05, 4.69) is 17.0 Å². The first kappa shape index (κ1) is 22.0. The van der Waals surface area contributed by atoms with Crippen LogP contribution in [0.4, 0.5) is 11.4 Å². The summed E-state index contributed by atoms with van der Waals surface area (Å²) >= 11 is 0. The molecule has 0 aliphatic carbocycles. The molecule has 0 aliphatic rings. The Morgan fingerprint density at radius 1 is 0.967 bits per heavy atom. The first-order valence-electron chi connectivity index (χ1n) is 9.61. The molecule has 8 heteroatoms. The van der Waals surface area contributed by atoms with Crippen molar-refractivity contribution < 1.29 is 12.6 Å². The number of nitrogens with one attached hydrogen (secondary N) is 2. The Kier molecular flexibility index (Phi) is 7.25. The molecule has 0 bridgehead atoms. The van der Waals surface area contributed by atoms with Gasteiger partial charge in [-0.2, -0.15) is 0 Å². The van der Waals surface area contributed by atoms with Gasteiger partial charge in [-0.1, -0.05) is 31.2 Å². The third-order valence-corrected chi connectivity index (χ3v) is 7.24. The van der Waals surface area contributed by atoms with Crippen LogP contribution in [-0.2, 0) is 27.4 Å². The molecule has 0 saturated heterocycles. The van der Waals surface area contributed by atoms with Gasteiger partial charge in [0.25, 0.3) is 20.8 Å². The number of benzene rings is 3. The highest BCUT2D eigenvalue weighted by molar-refractivity contribution is 7.92. The summed E-state index contributed by atoms with van der Waals surface area (Å²) in [5.74, 6) is 0. The van der Waals surface area contributed by atoms with Crippen LogP contribution in [0.1, 0.15) is 18.9 Å². The first-order chi connectivity index (χ1) is 14.4. The van der Waals surface area contributed by atoms with E-state index in [4.69, 9.17) is 5.73 Å². The highest BCUT2D eigenvalue weighted by atomic mass is 32.2. The molecule has 5 N–H and O–H groups in total. The largest absolute Gasteiger partial charge is 0.398 e. The minimum absolute atomic E-state index is 0.182. The van der Waals surface area contributed by atoms with Crippen LogP contribution in [-0.4, -0.2) is 19.2 Å². The van der Waals surface area contributed by atoms with E-state index >= 15 is 0 Å². The average molecular weight is 445 g/mol. The van der Waals surface area contributed by atoms with E-state index < -0.39 is 20.8 Å². The molecule has 1 unspecified atom stereocenters. The first-order valence-corrected chi connectivity index (χ1v) is 12.3. The van der Waals surface area contributed by atoms with E-state index in [9.17, 15) is 12.6 Å². The zero-order valence-electron chi connectivity index (χ0n) is 16.7. The summed E-state index contributed by atoms with van der Waals surface area (Å²) in [7, 11) is -4.92. The summed E-state index contributed by atoms with van der Waals surface area (Å²) in [6.07, 6.45) is 1.02. The van der Waals surface area contributed by atoms with Gasteiger partial charge in [0.05, 0.1) is 20.4 Å². The van der Waals surface area contributed by atoms with Gasteiger partial charge in [-0.15, -0.1) is 0 Å². The van der Waals surface area contributed by atoms with Crippen LogP contribution in [0, 0.1) is 0 Å². The van der Waals surface area contributed by atoms with Crippen LogP contribution < -0.4 is 15.8 Å². The fourth-order valence-corrected chi connectivity index (χ4v) is 5.12. The third kappa shape index (κ3) is 5.47. The molecular formula is C22H26N3O3S2+. The van der Waals surface area contributed by atoms with E-state index in [1.807, 2.05) is 6.07 Å². The molecule has 3 rings (SSSR count). The van der Waals surface area contributed by atoms with Gasteiger partial charge in [0.15, 0.2) is 0 Å². The van der Waals surface area contributed by atoms with E-state index in [1.165, 1.54) is 12.1 Å². The summed E-state index contributed by atoms with van der Waals surface area (Å²) in [4.78, 5) is 1.52. The second-order valence-electron chi connectivity index (χ2n) is 6.77. The molecule has 30 heavy (non-hydrogen) atoms. The van der Waals surface area contributed by atoms with E-state index in [0.717, 1.165) is 23.4 Å². The Hall–Kier alpha value is -2.68. The normalized spacial score (nSPS) is 12.4. The Morgan fingerprint density at radius 2 is 1.70 bits per heavy atom. The molecule has 0 fully saturated rings. The van der Waals surface area contributed by atoms with E-state index in [0.29, 0.717) is 22.8 Å². The minimum Gasteiger partial charge on any atom is -0.398 e. The van der Waals surface area contributed by atoms with Crippen molar-refractivity contribution in [2.75, 3.05) is 17.0 Å². The molecule has 3 aromatic carbocycles. The van der Waals surface area contributed by atoms with Crippen molar-refractivity contribution in [2.24, 2.45) is 0 Å². The molecule has 0 heterocycles. The predicted octanol–water partition coefficient (Wildman–Crippen LogP) is 3.89. The quantitative estimate of drug-likeness (QED) is 0.264. The van der Waals surface area contributed by atoms with Crippen LogP contribution in [0.2, 0.25) is 0 Å².